The van der Waals surface area contributed by atoms with Crippen LogP contribution in [0.15, 0.2) is 54.6 Å². The maximum absolute atomic E-state index is 14.9. The number of halogens is 3. The summed E-state index contributed by atoms with van der Waals surface area (Å²) in [6, 6.07) is 16.8. The second-order valence-electron chi connectivity index (χ2n) is 9.80. The van der Waals surface area contributed by atoms with Crippen molar-refractivity contribution in [3.8, 4) is 11.1 Å². The van der Waals surface area contributed by atoms with Gasteiger partial charge in [-0.15, -0.1) is 0 Å². The van der Waals surface area contributed by atoms with Gasteiger partial charge in [-0.05, 0) is 96.2 Å². The summed E-state index contributed by atoms with van der Waals surface area (Å²) in [6.45, 7) is 4.15. The third-order valence-electron chi connectivity index (χ3n) is 7.58. The van der Waals surface area contributed by atoms with Crippen LogP contribution < -0.4 is 0 Å². The van der Waals surface area contributed by atoms with Crippen LogP contribution in [-0.2, 0) is 19.3 Å². The molecule has 34 heavy (non-hydrogen) atoms. The summed E-state index contributed by atoms with van der Waals surface area (Å²) in [5, 5.41) is 0. The summed E-state index contributed by atoms with van der Waals surface area (Å²) in [5.41, 5.74) is 4.54. The normalized spacial score (nSPS) is 18.3. The van der Waals surface area contributed by atoms with Crippen molar-refractivity contribution in [2.75, 3.05) is 0 Å². The zero-order valence-corrected chi connectivity index (χ0v) is 20.3. The second-order valence-corrected chi connectivity index (χ2v) is 9.80. The van der Waals surface area contributed by atoms with E-state index in [-0.39, 0.29) is 11.7 Å². The summed E-state index contributed by atoms with van der Waals surface area (Å²) in [6.07, 6.45) is 8.33. The Morgan fingerprint density at radius 3 is 2.03 bits per heavy atom. The van der Waals surface area contributed by atoms with Crippen LogP contribution in [0.2, 0.25) is 0 Å². The molecule has 0 spiro atoms. The van der Waals surface area contributed by atoms with Gasteiger partial charge in [0.1, 0.15) is 5.82 Å². The SMILES string of the molecule is CCCC1CCC(c2ccc(CCc3ccc(-c4ccc(CC)c(F)c4)cc3)c(F)c2F)CC1. The highest BCUT2D eigenvalue weighted by molar-refractivity contribution is 5.64. The van der Waals surface area contributed by atoms with E-state index in [1.165, 1.54) is 12.8 Å². The number of benzene rings is 3. The van der Waals surface area contributed by atoms with Crippen LogP contribution in [0.1, 0.15) is 80.5 Å². The Bertz CT molecular complexity index is 1090. The molecular weight excluding hydrogens is 429 g/mol. The molecule has 0 aliphatic heterocycles. The molecule has 1 aliphatic carbocycles. The lowest BCUT2D eigenvalue weighted by Gasteiger charge is -2.29. The molecule has 0 bridgehead atoms. The topological polar surface area (TPSA) is 0 Å². The van der Waals surface area contributed by atoms with E-state index in [2.05, 4.69) is 6.92 Å². The van der Waals surface area contributed by atoms with Gasteiger partial charge in [-0.2, -0.15) is 0 Å². The molecule has 3 heteroatoms. The molecule has 0 atom stereocenters. The molecule has 0 radical (unpaired) electrons. The fourth-order valence-electron chi connectivity index (χ4n) is 5.44. The average molecular weight is 465 g/mol. The van der Waals surface area contributed by atoms with Crippen molar-refractivity contribution >= 4 is 0 Å². The molecular formula is C31H35F3. The van der Waals surface area contributed by atoms with Gasteiger partial charge in [0, 0.05) is 0 Å². The maximum Gasteiger partial charge on any atom is 0.162 e. The minimum Gasteiger partial charge on any atom is -0.207 e. The van der Waals surface area contributed by atoms with E-state index in [0.717, 1.165) is 48.3 Å². The highest BCUT2D eigenvalue weighted by Crippen LogP contribution is 2.39. The third kappa shape index (κ3) is 5.56. The van der Waals surface area contributed by atoms with Crippen LogP contribution in [0.4, 0.5) is 13.2 Å². The van der Waals surface area contributed by atoms with Gasteiger partial charge in [-0.1, -0.05) is 75.2 Å². The van der Waals surface area contributed by atoms with E-state index in [0.29, 0.717) is 36.0 Å². The fourth-order valence-corrected chi connectivity index (χ4v) is 5.44. The van der Waals surface area contributed by atoms with E-state index in [1.54, 1.807) is 12.1 Å². The first-order valence-corrected chi connectivity index (χ1v) is 12.8. The van der Waals surface area contributed by atoms with Crippen LogP contribution in [0.3, 0.4) is 0 Å². The lowest BCUT2D eigenvalue weighted by Crippen LogP contribution is -2.15. The van der Waals surface area contributed by atoms with Gasteiger partial charge in [0.05, 0.1) is 0 Å². The molecule has 4 rings (SSSR count). The number of rotatable bonds is 8. The van der Waals surface area contributed by atoms with E-state index in [4.69, 9.17) is 0 Å². The first-order chi connectivity index (χ1) is 16.5. The molecule has 0 N–H and O–H groups in total. The van der Waals surface area contributed by atoms with E-state index in [1.807, 2.05) is 49.4 Å². The van der Waals surface area contributed by atoms with Crippen molar-refractivity contribution in [3.05, 3.63) is 94.3 Å². The molecule has 0 aromatic heterocycles. The van der Waals surface area contributed by atoms with Gasteiger partial charge in [0.15, 0.2) is 11.6 Å². The Labute approximate surface area is 202 Å². The molecule has 0 unspecified atom stereocenters. The fraction of sp³-hybridized carbons (Fsp3) is 0.419. The number of aryl methyl sites for hydroxylation is 3. The van der Waals surface area contributed by atoms with E-state index in [9.17, 15) is 13.2 Å². The summed E-state index contributed by atoms with van der Waals surface area (Å²) >= 11 is 0. The molecule has 3 aromatic rings. The molecule has 0 amide bonds. The first-order valence-electron chi connectivity index (χ1n) is 12.8. The van der Waals surface area contributed by atoms with Gasteiger partial charge in [0.2, 0.25) is 0 Å². The van der Waals surface area contributed by atoms with Crippen LogP contribution in [0.25, 0.3) is 11.1 Å². The zero-order chi connectivity index (χ0) is 24.1. The van der Waals surface area contributed by atoms with Crippen LogP contribution >= 0.6 is 0 Å². The zero-order valence-electron chi connectivity index (χ0n) is 20.3. The monoisotopic (exact) mass is 464 g/mol. The Balaban J connectivity index is 1.39. The van der Waals surface area contributed by atoms with Gasteiger partial charge < -0.3 is 0 Å². The van der Waals surface area contributed by atoms with Crippen LogP contribution in [-0.4, -0.2) is 0 Å². The lowest BCUT2D eigenvalue weighted by molar-refractivity contribution is 0.302. The quantitative estimate of drug-likeness (QED) is 0.312. The Kier molecular flexibility index (Phi) is 8.13. The van der Waals surface area contributed by atoms with Crippen LogP contribution in [0, 0.1) is 23.4 Å². The minimum atomic E-state index is -0.684. The molecule has 0 heterocycles. The Morgan fingerprint density at radius 1 is 0.706 bits per heavy atom. The Morgan fingerprint density at radius 2 is 1.38 bits per heavy atom. The van der Waals surface area contributed by atoms with Gasteiger partial charge in [-0.3, -0.25) is 0 Å². The maximum atomic E-state index is 14.9. The van der Waals surface area contributed by atoms with E-state index < -0.39 is 11.6 Å². The van der Waals surface area contributed by atoms with Crippen molar-refractivity contribution in [3.63, 3.8) is 0 Å². The third-order valence-corrected chi connectivity index (χ3v) is 7.58. The van der Waals surface area contributed by atoms with Gasteiger partial charge >= 0.3 is 0 Å². The van der Waals surface area contributed by atoms with E-state index >= 15 is 0 Å². The highest BCUT2D eigenvalue weighted by atomic mass is 19.2. The number of hydrogen-bond acceptors (Lipinski definition) is 0. The lowest BCUT2D eigenvalue weighted by atomic mass is 9.77. The molecule has 1 fully saturated rings. The average Bonchev–Trinajstić information content (AvgIpc) is 2.86. The summed E-state index contributed by atoms with van der Waals surface area (Å²) in [5.74, 6) is -0.630. The molecule has 3 aromatic carbocycles. The predicted octanol–water partition coefficient (Wildman–Crippen LogP) is 9.19. The minimum absolute atomic E-state index is 0.139. The molecule has 0 nitrogen and oxygen atoms in total. The molecule has 0 saturated heterocycles. The Hall–Kier alpha value is -2.55. The standard InChI is InChI=1S/C31H35F3/c1-3-5-21-8-13-25(14-9-21)28-19-18-26(30(33)31(28)34)15-10-22-6-11-24(12-7-22)27-17-16-23(4-2)29(32)20-27/h6-7,11-12,16-21,25H,3-5,8-10,13-15H2,1-2H3. The van der Waals surface area contributed by atoms with Gasteiger partial charge in [-0.25, -0.2) is 13.2 Å². The molecule has 1 saturated carbocycles. The van der Waals surface area contributed by atoms with Gasteiger partial charge in [0.25, 0.3) is 0 Å². The molecule has 1 aliphatic rings. The first kappa shape index (κ1) is 24.6. The largest absolute Gasteiger partial charge is 0.207 e. The second kappa shape index (κ2) is 11.3. The summed E-state index contributed by atoms with van der Waals surface area (Å²) in [4.78, 5) is 0. The van der Waals surface area contributed by atoms with Crippen molar-refractivity contribution in [2.24, 2.45) is 5.92 Å². The van der Waals surface area contributed by atoms with Crippen LogP contribution in [0.5, 0.6) is 0 Å². The molecule has 180 valence electrons. The summed E-state index contributed by atoms with van der Waals surface area (Å²) in [7, 11) is 0. The van der Waals surface area contributed by atoms with Crippen molar-refractivity contribution < 1.29 is 13.2 Å². The van der Waals surface area contributed by atoms with Crippen molar-refractivity contribution in [2.45, 2.75) is 77.6 Å². The summed E-state index contributed by atoms with van der Waals surface area (Å²) < 4.78 is 44.0. The highest BCUT2D eigenvalue weighted by Gasteiger charge is 2.26. The number of hydrogen-bond donors (Lipinski definition) is 0. The van der Waals surface area contributed by atoms with Crippen molar-refractivity contribution in [1.29, 1.82) is 0 Å². The smallest absolute Gasteiger partial charge is 0.162 e. The van der Waals surface area contributed by atoms with Crippen molar-refractivity contribution in [1.82, 2.24) is 0 Å². The predicted molar refractivity (Wildman–Crippen MR) is 135 cm³/mol.